The fraction of sp³-hybridized carbons (Fsp3) is 0.909. The number of carbonyl (C=O) groups is 1. The van der Waals surface area contributed by atoms with Gasteiger partial charge in [-0.05, 0) is 37.9 Å². The molecular weight excluding hydrogens is 208 g/mol. The summed E-state index contributed by atoms with van der Waals surface area (Å²) in [7, 11) is 0. The molecule has 0 bridgehead atoms. The van der Waals surface area contributed by atoms with Crippen LogP contribution in [0.3, 0.4) is 0 Å². The van der Waals surface area contributed by atoms with Gasteiger partial charge in [0.2, 0.25) is 5.91 Å². The van der Waals surface area contributed by atoms with Crippen molar-refractivity contribution < 1.29 is 4.79 Å². The first-order chi connectivity index (χ1) is 7.22. The van der Waals surface area contributed by atoms with Crippen LogP contribution < -0.4 is 11.1 Å². The van der Waals surface area contributed by atoms with Gasteiger partial charge >= 0.3 is 0 Å². The first-order valence-electron chi connectivity index (χ1n) is 5.85. The lowest BCUT2D eigenvalue weighted by molar-refractivity contribution is -0.119. The predicted octanol–water partition coefficient (Wildman–Crippen LogP) is 1.52. The van der Waals surface area contributed by atoms with Crippen molar-refractivity contribution >= 4 is 17.7 Å². The van der Waals surface area contributed by atoms with E-state index in [-0.39, 0.29) is 11.9 Å². The van der Waals surface area contributed by atoms with Crippen LogP contribution in [0.2, 0.25) is 0 Å². The molecule has 3 N–H and O–H groups in total. The summed E-state index contributed by atoms with van der Waals surface area (Å²) in [6, 6.07) is 0.607. The monoisotopic (exact) mass is 230 g/mol. The van der Waals surface area contributed by atoms with Crippen molar-refractivity contribution in [3.05, 3.63) is 0 Å². The van der Waals surface area contributed by atoms with Gasteiger partial charge in [0.1, 0.15) is 0 Å². The molecule has 0 radical (unpaired) electrons. The van der Waals surface area contributed by atoms with E-state index < -0.39 is 0 Å². The lowest BCUT2D eigenvalue weighted by Gasteiger charge is -2.27. The van der Waals surface area contributed by atoms with Gasteiger partial charge in [-0.2, -0.15) is 11.8 Å². The highest BCUT2D eigenvalue weighted by Gasteiger charge is 2.20. The molecule has 0 aliphatic heterocycles. The summed E-state index contributed by atoms with van der Waals surface area (Å²) in [5, 5.41) is 3.07. The van der Waals surface area contributed by atoms with Gasteiger partial charge in [-0.15, -0.1) is 0 Å². The van der Waals surface area contributed by atoms with Crippen LogP contribution in [-0.2, 0) is 4.79 Å². The molecule has 1 amide bonds. The van der Waals surface area contributed by atoms with E-state index in [1.165, 1.54) is 0 Å². The largest absolute Gasteiger partial charge is 0.353 e. The Hall–Kier alpha value is -0.220. The van der Waals surface area contributed by atoms with E-state index in [4.69, 9.17) is 5.73 Å². The molecule has 0 aromatic carbocycles. The maximum Gasteiger partial charge on any atom is 0.230 e. The van der Waals surface area contributed by atoms with E-state index in [1.54, 1.807) is 11.8 Å². The summed E-state index contributed by atoms with van der Waals surface area (Å²) in [5.41, 5.74) is 5.87. The molecular formula is C11H22N2OS. The zero-order chi connectivity index (χ0) is 11.1. The summed E-state index contributed by atoms with van der Waals surface area (Å²) in [6.45, 7) is 2.13. The maximum atomic E-state index is 11.5. The SMILES string of the molecule is CCCSCC(=O)NC1CCCC(N)C1. The predicted molar refractivity (Wildman–Crippen MR) is 66.0 cm³/mol. The number of nitrogens with one attached hydrogen (secondary N) is 1. The Morgan fingerprint density at radius 1 is 1.53 bits per heavy atom. The number of rotatable bonds is 5. The highest BCUT2D eigenvalue weighted by atomic mass is 32.2. The Labute approximate surface area is 96.6 Å². The first kappa shape index (κ1) is 12.8. The molecule has 0 saturated heterocycles. The third kappa shape index (κ3) is 5.42. The van der Waals surface area contributed by atoms with Gasteiger partial charge < -0.3 is 11.1 Å². The summed E-state index contributed by atoms with van der Waals surface area (Å²) in [6.07, 6.45) is 5.43. The topological polar surface area (TPSA) is 55.1 Å². The minimum Gasteiger partial charge on any atom is -0.353 e. The second-order valence-corrected chi connectivity index (χ2v) is 5.35. The van der Waals surface area contributed by atoms with Gasteiger partial charge in [-0.3, -0.25) is 4.79 Å². The second kappa shape index (κ2) is 7.12. The van der Waals surface area contributed by atoms with Crippen LogP contribution >= 0.6 is 11.8 Å². The molecule has 2 unspecified atom stereocenters. The fourth-order valence-electron chi connectivity index (χ4n) is 1.94. The van der Waals surface area contributed by atoms with Gasteiger partial charge in [0.05, 0.1) is 5.75 Å². The Balaban J connectivity index is 2.13. The summed E-state index contributed by atoms with van der Waals surface area (Å²) < 4.78 is 0. The molecule has 15 heavy (non-hydrogen) atoms. The third-order valence-corrected chi connectivity index (χ3v) is 3.82. The number of amides is 1. The average Bonchev–Trinajstić information content (AvgIpc) is 2.18. The average molecular weight is 230 g/mol. The van der Waals surface area contributed by atoms with Crippen LogP contribution in [0.25, 0.3) is 0 Å². The van der Waals surface area contributed by atoms with Crippen molar-refractivity contribution in [2.24, 2.45) is 5.73 Å². The summed E-state index contributed by atoms with van der Waals surface area (Å²) in [4.78, 5) is 11.5. The number of hydrogen-bond donors (Lipinski definition) is 2. The molecule has 2 atom stereocenters. The molecule has 1 fully saturated rings. The molecule has 1 rings (SSSR count). The van der Waals surface area contributed by atoms with Crippen LogP contribution in [0.4, 0.5) is 0 Å². The molecule has 3 nitrogen and oxygen atoms in total. The molecule has 0 aromatic rings. The van der Waals surface area contributed by atoms with Crippen LogP contribution in [0.1, 0.15) is 39.0 Å². The van der Waals surface area contributed by atoms with Crippen molar-refractivity contribution in [2.75, 3.05) is 11.5 Å². The van der Waals surface area contributed by atoms with E-state index in [0.29, 0.717) is 11.8 Å². The van der Waals surface area contributed by atoms with E-state index in [0.717, 1.165) is 37.9 Å². The minimum atomic E-state index is 0.174. The van der Waals surface area contributed by atoms with Gasteiger partial charge in [0, 0.05) is 12.1 Å². The zero-order valence-electron chi connectivity index (χ0n) is 9.50. The molecule has 1 aliphatic carbocycles. The zero-order valence-corrected chi connectivity index (χ0v) is 10.3. The molecule has 4 heteroatoms. The highest BCUT2D eigenvalue weighted by molar-refractivity contribution is 7.99. The van der Waals surface area contributed by atoms with E-state index in [9.17, 15) is 4.79 Å². The number of hydrogen-bond acceptors (Lipinski definition) is 3. The first-order valence-corrected chi connectivity index (χ1v) is 7.00. The van der Waals surface area contributed by atoms with Crippen molar-refractivity contribution in [1.29, 1.82) is 0 Å². The fourth-order valence-corrected chi connectivity index (χ4v) is 2.64. The van der Waals surface area contributed by atoms with E-state index >= 15 is 0 Å². The van der Waals surface area contributed by atoms with Crippen molar-refractivity contribution in [2.45, 2.75) is 51.1 Å². The Bertz CT molecular complexity index is 199. The van der Waals surface area contributed by atoms with E-state index in [1.807, 2.05) is 0 Å². The lowest BCUT2D eigenvalue weighted by Crippen LogP contribution is -2.42. The summed E-state index contributed by atoms with van der Waals surface area (Å²) >= 11 is 1.71. The van der Waals surface area contributed by atoms with Gasteiger partial charge in [0.15, 0.2) is 0 Å². The van der Waals surface area contributed by atoms with Gasteiger partial charge in [0.25, 0.3) is 0 Å². The number of thioether (sulfide) groups is 1. The quantitative estimate of drug-likeness (QED) is 0.704. The van der Waals surface area contributed by atoms with E-state index in [2.05, 4.69) is 12.2 Å². The molecule has 1 aliphatic rings. The molecule has 0 heterocycles. The molecule has 1 saturated carbocycles. The van der Waals surface area contributed by atoms with Crippen molar-refractivity contribution in [3.63, 3.8) is 0 Å². The third-order valence-electron chi connectivity index (χ3n) is 2.66. The van der Waals surface area contributed by atoms with Gasteiger partial charge in [-0.25, -0.2) is 0 Å². The normalized spacial score (nSPS) is 26.3. The van der Waals surface area contributed by atoms with Crippen LogP contribution in [0.15, 0.2) is 0 Å². The van der Waals surface area contributed by atoms with Crippen molar-refractivity contribution in [3.8, 4) is 0 Å². The number of nitrogens with two attached hydrogens (primary N) is 1. The van der Waals surface area contributed by atoms with Crippen LogP contribution in [0.5, 0.6) is 0 Å². The Kier molecular flexibility index (Phi) is 6.10. The lowest BCUT2D eigenvalue weighted by atomic mass is 9.92. The van der Waals surface area contributed by atoms with Gasteiger partial charge in [-0.1, -0.05) is 6.92 Å². The Morgan fingerprint density at radius 3 is 3.00 bits per heavy atom. The summed E-state index contributed by atoms with van der Waals surface area (Å²) in [5.74, 6) is 1.84. The van der Waals surface area contributed by atoms with Crippen LogP contribution in [0, 0.1) is 0 Å². The maximum absolute atomic E-state index is 11.5. The number of carbonyl (C=O) groups excluding carboxylic acids is 1. The van der Waals surface area contributed by atoms with Crippen molar-refractivity contribution in [1.82, 2.24) is 5.32 Å². The minimum absolute atomic E-state index is 0.174. The Morgan fingerprint density at radius 2 is 2.33 bits per heavy atom. The molecule has 0 spiro atoms. The van der Waals surface area contributed by atoms with Crippen LogP contribution in [-0.4, -0.2) is 29.5 Å². The standard InChI is InChI=1S/C11H22N2OS/c1-2-6-15-8-11(14)13-10-5-3-4-9(12)7-10/h9-10H,2-8,12H2,1H3,(H,13,14). The second-order valence-electron chi connectivity index (χ2n) is 4.24. The molecule has 88 valence electrons. The smallest absolute Gasteiger partial charge is 0.230 e. The molecule has 0 aromatic heterocycles. The highest BCUT2D eigenvalue weighted by Crippen LogP contribution is 2.17.